The number of carbonyl (C=O) groups excluding carboxylic acids is 1. The molecule has 5 nitrogen and oxygen atoms in total. The number of likely N-dealkylation sites (N-methyl/N-ethyl adjacent to an activating group) is 1. The Morgan fingerprint density at radius 3 is 2.23 bits per heavy atom. The molecule has 0 spiro atoms. The first-order chi connectivity index (χ1) is 10.1. The SMILES string of the molecule is CCN(CC)C(=O)[C@H](C)N(c1cc(Cl)ccc1Cl)S(C)(=O)=O. The fourth-order valence-electron chi connectivity index (χ4n) is 2.23. The van der Waals surface area contributed by atoms with Crippen LogP contribution in [0.15, 0.2) is 18.2 Å². The number of sulfonamides is 1. The molecule has 0 aliphatic carbocycles. The topological polar surface area (TPSA) is 57.7 Å². The second-order valence-corrected chi connectivity index (χ2v) is 7.54. The normalized spacial score (nSPS) is 12.8. The van der Waals surface area contributed by atoms with Crippen molar-refractivity contribution < 1.29 is 13.2 Å². The summed E-state index contributed by atoms with van der Waals surface area (Å²) in [5, 5.41) is 0.560. The summed E-state index contributed by atoms with van der Waals surface area (Å²) < 4.78 is 25.4. The van der Waals surface area contributed by atoms with Crippen LogP contribution in [0.5, 0.6) is 0 Å². The van der Waals surface area contributed by atoms with E-state index in [0.717, 1.165) is 10.6 Å². The van der Waals surface area contributed by atoms with Gasteiger partial charge in [0, 0.05) is 18.1 Å². The highest BCUT2D eigenvalue weighted by atomic mass is 35.5. The van der Waals surface area contributed by atoms with Crippen molar-refractivity contribution in [2.75, 3.05) is 23.7 Å². The first kappa shape index (κ1) is 19.1. The Kier molecular flexibility index (Phi) is 6.52. The molecule has 1 aromatic rings. The van der Waals surface area contributed by atoms with Gasteiger partial charge in [-0.3, -0.25) is 9.10 Å². The second kappa shape index (κ2) is 7.53. The number of amides is 1. The maximum atomic E-state index is 12.5. The minimum atomic E-state index is -3.71. The van der Waals surface area contributed by atoms with Crippen LogP contribution >= 0.6 is 23.2 Å². The largest absolute Gasteiger partial charge is 0.341 e. The van der Waals surface area contributed by atoms with E-state index >= 15 is 0 Å². The van der Waals surface area contributed by atoms with Gasteiger partial charge in [-0.05, 0) is 39.0 Å². The molecule has 1 atom stereocenters. The van der Waals surface area contributed by atoms with Crippen molar-refractivity contribution in [3.63, 3.8) is 0 Å². The standard InChI is InChI=1S/C14H20Cl2N2O3S/c1-5-17(6-2)14(19)10(3)18(22(4,20)21)13-9-11(15)7-8-12(13)16/h7-10H,5-6H2,1-4H3/t10-/m0/s1. The van der Waals surface area contributed by atoms with Crippen molar-refractivity contribution in [1.82, 2.24) is 4.90 Å². The fraction of sp³-hybridized carbons (Fsp3) is 0.500. The van der Waals surface area contributed by atoms with E-state index in [1.807, 2.05) is 13.8 Å². The average molecular weight is 367 g/mol. The monoisotopic (exact) mass is 366 g/mol. The van der Waals surface area contributed by atoms with E-state index in [1.165, 1.54) is 12.1 Å². The summed E-state index contributed by atoms with van der Waals surface area (Å²) in [6, 6.07) is 3.60. The van der Waals surface area contributed by atoms with E-state index in [9.17, 15) is 13.2 Å². The highest BCUT2D eigenvalue weighted by Gasteiger charge is 2.32. The molecule has 0 heterocycles. The van der Waals surface area contributed by atoms with Crippen LogP contribution in [-0.4, -0.2) is 44.6 Å². The van der Waals surface area contributed by atoms with Crippen molar-refractivity contribution >= 4 is 44.8 Å². The number of halogens is 2. The van der Waals surface area contributed by atoms with Crippen LogP contribution in [-0.2, 0) is 14.8 Å². The Balaban J connectivity index is 3.37. The van der Waals surface area contributed by atoms with Gasteiger partial charge in [-0.1, -0.05) is 23.2 Å². The lowest BCUT2D eigenvalue weighted by molar-refractivity contribution is -0.131. The zero-order valence-electron chi connectivity index (χ0n) is 13.0. The first-order valence-corrected chi connectivity index (χ1v) is 9.47. The van der Waals surface area contributed by atoms with Crippen LogP contribution in [0.2, 0.25) is 10.0 Å². The van der Waals surface area contributed by atoms with E-state index in [1.54, 1.807) is 17.9 Å². The Bertz CT molecular complexity index is 645. The average Bonchev–Trinajstić information content (AvgIpc) is 2.42. The zero-order valence-corrected chi connectivity index (χ0v) is 15.3. The predicted octanol–water partition coefficient (Wildman–Crippen LogP) is 3.02. The van der Waals surface area contributed by atoms with Gasteiger partial charge >= 0.3 is 0 Å². The van der Waals surface area contributed by atoms with Gasteiger partial charge in [0.25, 0.3) is 0 Å². The van der Waals surface area contributed by atoms with Crippen LogP contribution in [0, 0.1) is 0 Å². The summed E-state index contributed by atoms with van der Waals surface area (Å²) in [6.07, 6.45) is 1.04. The minimum Gasteiger partial charge on any atom is -0.341 e. The molecule has 1 rings (SSSR count). The third kappa shape index (κ3) is 4.27. The van der Waals surface area contributed by atoms with Gasteiger partial charge in [-0.2, -0.15) is 0 Å². The second-order valence-electron chi connectivity index (χ2n) is 4.84. The predicted molar refractivity (Wildman–Crippen MR) is 91.2 cm³/mol. The molecule has 1 aromatic carbocycles. The van der Waals surface area contributed by atoms with Gasteiger partial charge in [0.05, 0.1) is 17.0 Å². The molecule has 124 valence electrons. The lowest BCUT2D eigenvalue weighted by Gasteiger charge is -2.32. The van der Waals surface area contributed by atoms with Crippen LogP contribution in [0.1, 0.15) is 20.8 Å². The molecule has 0 saturated carbocycles. The molecular weight excluding hydrogens is 347 g/mol. The molecule has 22 heavy (non-hydrogen) atoms. The first-order valence-electron chi connectivity index (χ1n) is 6.86. The third-order valence-corrected chi connectivity index (χ3v) is 5.07. The molecule has 0 fully saturated rings. The molecule has 0 bridgehead atoms. The van der Waals surface area contributed by atoms with Crippen molar-refractivity contribution in [1.29, 1.82) is 0 Å². The number of hydrogen-bond acceptors (Lipinski definition) is 3. The molecule has 0 aliphatic heterocycles. The quantitative estimate of drug-likeness (QED) is 0.777. The van der Waals surface area contributed by atoms with Crippen molar-refractivity contribution in [3.05, 3.63) is 28.2 Å². The number of carbonyl (C=O) groups is 1. The molecule has 8 heteroatoms. The number of nitrogens with zero attached hydrogens (tertiary/aromatic N) is 2. The van der Waals surface area contributed by atoms with Crippen LogP contribution < -0.4 is 4.31 Å². The Morgan fingerprint density at radius 1 is 1.23 bits per heavy atom. The maximum absolute atomic E-state index is 12.5. The minimum absolute atomic E-state index is 0.199. The van der Waals surface area contributed by atoms with Crippen LogP contribution in [0.4, 0.5) is 5.69 Å². The number of benzene rings is 1. The number of rotatable bonds is 6. The summed E-state index contributed by atoms with van der Waals surface area (Å²) in [5.41, 5.74) is 0.199. The van der Waals surface area contributed by atoms with Gasteiger partial charge in [0.1, 0.15) is 6.04 Å². The van der Waals surface area contributed by atoms with Gasteiger partial charge in [-0.15, -0.1) is 0 Å². The Hall–Kier alpha value is -0.980. The molecule has 0 aliphatic rings. The van der Waals surface area contributed by atoms with E-state index in [4.69, 9.17) is 23.2 Å². The highest BCUT2D eigenvalue weighted by Crippen LogP contribution is 2.32. The summed E-state index contributed by atoms with van der Waals surface area (Å²) in [5.74, 6) is -0.286. The Labute approximate surface area is 141 Å². The lowest BCUT2D eigenvalue weighted by Crippen LogP contribution is -2.49. The highest BCUT2D eigenvalue weighted by molar-refractivity contribution is 7.92. The maximum Gasteiger partial charge on any atom is 0.246 e. The molecule has 0 unspecified atom stereocenters. The summed E-state index contributed by atoms with van der Waals surface area (Å²) in [7, 11) is -3.71. The molecule has 0 saturated heterocycles. The smallest absolute Gasteiger partial charge is 0.246 e. The van der Waals surface area contributed by atoms with E-state index in [2.05, 4.69) is 0 Å². The molecular formula is C14H20Cl2N2O3S. The van der Waals surface area contributed by atoms with Crippen molar-refractivity contribution in [2.24, 2.45) is 0 Å². The molecule has 0 N–H and O–H groups in total. The van der Waals surface area contributed by atoms with E-state index in [0.29, 0.717) is 18.1 Å². The van der Waals surface area contributed by atoms with Crippen molar-refractivity contribution in [3.8, 4) is 0 Å². The van der Waals surface area contributed by atoms with Gasteiger partial charge in [-0.25, -0.2) is 8.42 Å². The summed E-state index contributed by atoms with van der Waals surface area (Å²) in [4.78, 5) is 14.1. The molecule has 0 aromatic heterocycles. The molecule has 1 amide bonds. The summed E-state index contributed by atoms with van der Waals surface area (Å²) in [6.45, 7) is 6.22. The van der Waals surface area contributed by atoms with Gasteiger partial charge < -0.3 is 4.90 Å². The fourth-order valence-corrected chi connectivity index (χ4v) is 3.83. The molecule has 0 radical (unpaired) electrons. The lowest BCUT2D eigenvalue weighted by atomic mass is 10.2. The van der Waals surface area contributed by atoms with Crippen LogP contribution in [0.3, 0.4) is 0 Å². The zero-order chi connectivity index (χ0) is 17.1. The number of hydrogen-bond donors (Lipinski definition) is 0. The van der Waals surface area contributed by atoms with Gasteiger partial charge in [0.2, 0.25) is 15.9 Å². The number of anilines is 1. The van der Waals surface area contributed by atoms with Crippen LogP contribution in [0.25, 0.3) is 0 Å². The Morgan fingerprint density at radius 2 is 1.77 bits per heavy atom. The van der Waals surface area contributed by atoms with Gasteiger partial charge in [0.15, 0.2) is 0 Å². The summed E-state index contributed by atoms with van der Waals surface area (Å²) >= 11 is 12.0. The van der Waals surface area contributed by atoms with E-state index < -0.39 is 16.1 Å². The van der Waals surface area contributed by atoms with E-state index in [-0.39, 0.29) is 16.6 Å². The third-order valence-electron chi connectivity index (χ3n) is 3.29. The van der Waals surface area contributed by atoms with Crippen molar-refractivity contribution in [2.45, 2.75) is 26.8 Å².